The van der Waals surface area contributed by atoms with Crippen LogP contribution in [0.3, 0.4) is 0 Å². The largest absolute Gasteiger partial charge is 0.437 e. The van der Waals surface area contributed by atoms with Gasteiger partial charge in [-0.3, -0.25) is 0 Å². The van der Waals surface area contributed by atoms with Crippen molar-refractivity contribution < 1.29 is 9.62 Å². The summed E-state index contributed by atoms with van der Waals surface area (Å²) < 4.78 is 5.49. The van der Waals surface area contributed by atoms with E-state index >= 15 is 0 Å². The average molecular weight is 209 g/mol. The summed E-state index contributed by atoms with van der Waals surface area (Å²) in [7, 11) is 0. The molecule has 5 nitrogen and oxygen atoms in total. The third-order valence-electron chi connectivity index (χ3n) is 2.62. The minimum Gasteiger partial charge on any atom is -0.437 e. The maximum absolute atomic E-state index is 8.50. The first-order valence-corrected chi connectivity index (χ1v) is 5.14. The Morgan fingerprint density at radius 3 is 2.73 bits per heavy atom. The highest BCUT2D eigenvalue weighted by atomic mass is 16.4. The van der Waals surface area contributed by atoms with Gasteiger partial charge in [-0.25, -0.2) is 0 Å². The molecule has 0 amide bonds. The summed E-state index contributed by atoms with van der Waals surface area (Å²) in [5, 5.41) is 11.4. The van der Waals surface area contributed by atoms with E-state index < -0.39 is 0 Å². The molecule has 1 aliphatic rings. The van der Waals surface area contributed by atoms with Gasteiger partial charge in [-0.05, 0) is 25.3 Å². The molecule has 5 heteroatoms. The number of nitrogens with two attached hydrogens (primary N) is 1. The second-order valence-electron chi connectivity index (χ2n) is 3.67. The van der Waals surface area contributed by atoms with Gasteiger partial charge in [0.25, 0.3) is 0 Å². The molecule has 1 aromatic rings. The van der Waals surface area contributed by atoms with Gasteiger partial charge in [-0.2, -0.15) is 0 Å². The summed E-state index contributed by atoms with van der Waals surface area (Å²) in [6.45, 7) is 2.03. The third-order valence-corrected chi connectivity index (χ3v) is 2.62. The van der Waals surface area contributed by atoms with E-state index in [1.54, 1.807) is 6.07 Å². The van der Waals surface area contributed by atoms with E-state index in [1.807, 2.05) is 6.07 Å². The Morgan fingerprint density at radius 1 is 1.33 bits per heavy atom. The SMILES string of the molecule is N/C(=N\O)c1ccc(N2CCCCC2)o1. The van der Waals surface area contributed by atoms with Crippen molar-refractivity contribution in [2.75, 3.05) is 18.0 Å². The molecule has 15 heavy (non-hydrogen) atoms. The third kappa shape index (κ3) is 2.06. The lowest BCUT2D eigenvalue weighted by Crippen LogP contribution is -2.28. The molecule has 0 unspecified atom stereocenters. The van der Waals surface area contributed by atoms with Crippen LogP contribution in [0.5, 0.6) is 0 Å². The highest BCUT2D eigenvalue weighted by Gasteiger charge is 2.15. The Morgan fingerprint density at radius 2 is 2.07 bits per heavy atom. The van der Waals surface area contributed by atoms with Crippen molar-refractivity contribution in [1.82, 2.24) is 0 Å². The Labute approximate surface area is 88.2 Å². The Hall–Kier alpha value is -1.65. The van der Waals surface area contributed by atoms with E-state index in [1.165, 1.54) is 19.3 Å². The van der Waals surface area contributed by atoms with E-state index in [-0.39, 0.29) is 5.84 Å². The van der Waals surface area contributed by atoms with Gasteiger partial charge in [0.2, 0.25) is 5.84 Å². The molecule has 0 aliphatic carbocycles. The van der Waals surface area contributed by atoms with Gasteiger partial charge in [0.1, 0.15) is 0 Å². The normalized spacial score (nSPS) is 18.1. The predicted octanol–water partition coefficient (Wildman–Crippen LogP) is 1.36. The number of piperidine rings is 1. The molecule has 0 bridgehead atoms. The molecule has 1 aliphatic heterocycles. The Balaban J connectivity index is 2.12. The number of rotatable bonds is 2. The van der Waals surface area contributed by atoms with Crippen molar-refractivity contribution in [3.8, 4) is 0 Å². The molecule has 0 atom stereocenters. The molecule has 3 N–H and O–H groups in total. The lowest BCUT2D eigenvalue weighted by Gasteiger charge is -2.25. The molecule has 1 aromatic heterocycles. The fourth-order valence-corrected chi connectivity index (χ4v) is 1.80. The molecule has 0 spiro atoms. The smallest absolute Gasteiger partial charge is 0.206 e. The molecule has 0 aromatic carbocycles. The molecule has 2 heterocycles. The van der Waals surface area contributed by atoms with Gasteiger partial charge >= 0.3 is 0 Å². The average Bonchev–Trinajstić information content (AvgIpc) is 2.78. The topological polar surface area (TPSA) is 75.0 Å². The lowest BCUT2D eigenvalue weighted by atomic mass is 10.1. The monoisotopic (exact) mass is 209 g/mol. The molecule has 1 fully saturated rings. The van der Waals surface area contributed by atoms with Crippen molar-refractivity contribution in [2.45, 2.75) is 19.3 Å². The quantitative estimate of drug-likeness (QED) is 0.334. The summed E-state index contributed by atoms with van der Waals surface area (Å²) in [5.74, 6) is 1.23. The lowest BCUT2D eigenvalue weighted by molar-refractivity contribution is 0.317. The number of hydrogen-bond acceptors (Lipinski definition) is 4. The molecular weight excluding hydrogens is 194 g/mol. The van der Waals surface area contributed by atoms with E-state index in [0.717, 1.165) is 19.0 Å². The predicted molar refractivity (Wildman–Crippen MR) is 57.3 cm³/mol. The van der Waals surface area contributed by atoms with Crippen LogP contribution in [0.15, 0.2) is 21.7 Å². The van der Waals surface area contributed by atoms with E-state index in [0.29, 0.717) is 5.76 Å². The molecule has 82 valence electrons. The standard InChI is InChI=1S/C10H15N3O2/c11-10(12-14)8-4-5-9(15-8)13-6-2-1-3-7-13/h4-5,14H,1-3,6-7H2,(H2,11,12). The maximum atomic E-state index is 8.50. The second-order valence-corrected chi connectivity index (χ2v) is 3.67. The zero-order valence-electron chi connectivity index (χ0n) is 8.52. The molecule has 1 saturated heterocycles. The first kappa shape index (κ1) is 9.89. The van der Waals surface area contributed by atoms with Crippen LogP contribution in [0.1, 0.15) is 25.0 Å². The van der Waals surface area contributed by atoms with Crippen LogP contribution in [-0.2, 0) is 0 Å². The fourth-order valence-electron chi connectivity index (χ4n) is 1.80. The fraction of sp³-hybridized carbons (Fsp3) is 0.500. The van der Waals surface area contributed by atoms with Gasteiger partial charge in [-0.15, -0.1) is 0 Å². The number of oxime groups is 1. The minimum atomic E-state index is 0.0123. The van der Waals surface area contributed by atoms with E-state index in [4.69, 9.17) is 15.4 Å². The van der Waals surface area contributed by atoms with Crippen LogP contribution >= 0.6 is 0 Å². The molecule has 2 rings (SSSR count). The highest BCUT2D eigenvalue weighted by Crippen LogP contribution is 2.22. The van der Waals surface area contributed by atoms with Gasteiger partial charge in [0.15, 0.2) is 11.6 Å². The molecular formula is C10H15N3O2. The second kappa shape index (κ2) is 4.25. The van der Waals surface area contributed by atoms with Crippen molar-refractivity contribution >= 4 is 11.7 Å². The number of furan rings is 1. The van der Waals surface area contributed by atoms with Crippen molar-refractivity contribution in [2.24, 2.45) is 10.9 Å². The first-order chi connectivity index (χ1) is 7.31. The van der Waals surface area contributed by atoms with Gasteiger partial charge < -0.3 is 20.3 Å². The summed E-state index contributed by atoms with van der Waals surface area (Å²) in [6.07, 6.45) is 3.67. The van der Waals surface area contributed by atoms with Gasteiger partial charge in [0.05, 0.1) is 0 Å². The van der Waals surface area contributed by atoms with Crippen molar-refractivity contribution in [3.63, 3.8) is 0 Å². The van der Waals surface area contributed by atoms with Crippen molar-refractivity contribution in [3.05, 3.63) is 17.9 Å². The summed E-state index contributed by atoms with van der Waals surface area (Å²) in [6, 6.07) is 3.58. The number of nitrogens with zero attached hydrogens (tertiary/aromatic N) is 2. The minimum absolute atomic E-state index is 0.0123. The van der Waals surface area contributed by atoms with Crippen LogP contribution in [0.2, 0.25) is 0 Å². The maximum Gasteiger partial charge on any atom is 0.206 e. The van der Waals surface area contributed by atoms with E-state index in [2.05, 4.69) is 10.1 Å². The zero-order chi connectivity index (χ0) is 10.7. The van der Waals surface area contributed by atoms with Crippen LogP contribution in [0.25, 0.3) is 0 Å². The molecule has 0 saturated carbocycles. The summed E-state index contributed by atoms with van der Waals surface area (Å²) >= 11 is 0. The van der Waals surface area contributed by atoms with E-state index in [9.17, 15) is 0 Å². The number of amidine groups is 1. The van der Waals surface area contributed by atoms with Crippen LogP contribution in [0.4, 0.5) is 5.88 Å². The summed E-state index contributed by atoms with van der Waals surface area (Å²) in [4.78, 5) is 2.18. The zero-order valence-corrected chi connectivity index (χ0v) is 8.52. The summed E-state index contributed by atoms with van der Waals surface area (Å²) in [5.41, 5.74) is 5.42. The van der Waals surface area contributed by atoms with Crippen LogP contribution in [0, 0.1) is 0 Å². The number of anilines is 1. The van der Waals surface area contributed by atoms with Crippen molar-refractivity contribution in [1.29, 1.82) is 0 Å². The van der Waals surface area contributed by atoms with Gasteiger partial charge in [-0.1, -0.05) is 5.16 Å². The van der Waals surface area contributed by atoms with Gasteiger partial charge in [0, 0.05) is 19.2 Å². The highest BCUT2D eigenvalue weighted by molar-refractivity contribution is 5.94. The first-order valence-electron chi connectivity index (χ1n) is 5.14. The Bertz CT molecular complexity index is 353. The van der Waals surface area contributed by atoms with Crippen LogP contribution < -0.4 is 10.6 Å². The Kier molecular flexibility index (Phi) is 2.80. The number of hydrogen-bond donors (Lipinski definition) is 2. The van der Waals surface area contributed by atoms with Crippen LogP contribution in [-0.4, -0.2) is 24.1 Å². The molecule has 0 radical (unpaired) electrons.